The van der Waals surface area contributed by atoms with Gasteiger partial charge in [0, 0.05) is 18.1 Å². The summed E-state index contributed by atoms with van der Waals surface area (Å²) in [5.74, 6) is -8.39. The molecule has 4 nitrogen and oxygen atoms in total. The van der Waals surface area contributed by atoms with Crippen molar-refractivity contribution >= 4 is 5.91 Å². The molecule has 8 heteroatoms. The van der Waals surface area contributed by atoms with Crippen LogP contribution in [0.3, 0.4) is 0 Å². The number of halogens is 4. The number of benzene rings is 2. The van der Waals surface area contributed by atoms with Crippen molar-refractivity contribution in [2.45, 2.75) is 13.0 Å². The van der Waals surface area contributed by atoms with E-state index in [0.717, 1.165) is 5.69 Å². The molecular formula is C18H13F4N3O. The fourth-order valence-electron chi connectivity index (χ4n) is 2.44. The highest BCUT2D eigenvalue weighted by molar-refractivity contribution is 5.94. The molecule has 3 rings (SSSR count). The Morgan fingerprint density at radius 3 is 2.38 bits per heavy atom. The van der Waals surface area contributed by atoms with Crippen LogP contribution < -0.4 is 5.32 Å². The second-order valence-electron chi connectivity index (χ2n) is 5.60. The van der Waals surface area contributed by atoms with Crippen LogP contribution in [0.2, 0.25) is 0 Å². The van der Waals surface area contributed by atoms with Crippen molar-refractivity contribution < 1.29 is 22.4 Å². The third-order valence-corrected chi connectivity index (χ3v) is 3.89. The summed E-state index contributed by atoms with van der Waals surface area (Å²) >= 11 is 0. The molecule has 3 aromatic rings. The molecule has 0 aliphatic carbocycles. The summed E-state index contributed by atoms with van der Waals surface area (Å²) in [6.07, 6.45) is 5.02. The van der Waals surface area contributed by atoms with E-state index in [1.807, 2.05) is 0 Å². The maximum atomic E-state index is 13.7. The van der Waals surface area contributed by atoms with Gasteiger partial charge in [0.1, 0.15) is 0 Å². The van der Waals surface area contributed by atoms with Crippen LogP contribution in [-0.4, -0.2) is 15.5 Å². The van der Waals surface area contributed by atoms with E-state index in [0.29, 0.717) is 11.6 Å². The van der Waals surface area contributed by atoms with Crippen molar-refractivity contribution in [3.05, 3.63) is 83.4 Å². The number of carbonyl (C=O) groups is 1. The van der Waals surface area contributed by atoms with Gasteiger partial charge in [-0.05, 0) is 30.7 Å². The fourth-order valence-corrected chi connectivity index (χ4v) is 2.44. The van der Waals surface area contributed by atoms with E-state index >= 15 is 0 Å². The molecule has 0 aliphatic rings. The molecule has 134 valence electrons. The first-order chi connectivity index (χ1) is 12.4. The Morgan fingerprint density at radius 2 is 1.77 bits per heavy atom. The Hall–Kier alpha value is -3.16. The lowest BCUT2D eigenvalue weighted by Crippen LogP contribution is -2.28. The molecule has 1 amide bonds. The van der Waals surface area contributed by atoms with E-state index in [9.17, 15) is 22.4 Å². The number of nitrogens with one attached hydrogen (secondary N) is 1. The highest BCUT2D eigenvalue weighted by Gasteiger charge is 2.24. The lowest BCUT2D eigenvalue weighted by atomic mass is 10.1. The fraction of sp³-hybridized carbons (Fsp3) is 0.111. The summed E-state index contributed by atoms with van der Waals surface area (Å²) in [7, 11) is 0. The standard InChI is InChI=1S/C18H13F4N3O/c1-10(11-2-4-12(5-3-11)25-7-6-23-9-25)24-18(26)13-8-14(19)16(21)17(22)15(13)20/h2-10H,1H3,(H,24,26)/t10-/m1/s1. The molecular weight excluding hydrogens is 350 g/mol. The number of aromatic nitrogens is 2. The molecule has 2 aromatic carbocycles. The predicted octanol–water partition coefficient (Wildman–Crippen LogP) is 3.92. The zero-order valence-electron chi connectivity index (χ0n) is 13.5. The first-order valence-electron chi connectivity index (χ1n) is 7.60. The quantitative estimate of drug-likeness (QED) is 0.434. The Bertz CT molecular complexity index is 940. The number of amides is 1. The van der Waals surface area contributed by atoms with Gasteiger partial charge in [0.25, 0.3) is 5.91 Å². The van der Waals surface area contributed by atoms with E-state index in [1.165, 1.54) is 0 Å². The van der Waals surface area contributed by atoms with Crippen LogP contribution in [0, 0.1) is 23.3 Å². The number of carbonyl (C=O) groups excluding carboxylic acids is 1. The van der Waals surface area contributed by atoms with Crippen molar-refractivity contribution in [1.29, 1.82) is 0 Å². The van der Waals surface area contributed by atoms with Crippen molar-refractivity contribution in [3.63, 3.8) is 0 Å². The molecule has 1 atom stereocenters. The van der Waals surface area contributed by atoms with Gasteiger partial charge in [0.05, 0.1) is 17.9 Å². The molecule has 1 heterocycles. The first kappa shape index (κ1) is 17.7. The Labute approximate surface area is 146 Å². The van der Waals surface area contributed by atoms with Crippen LogP contribution in [0.25, 0.3) is 5.69 Å². The summed E-state index contributed by atoms with van der Waals surface area (Å²) in [5.41, 5.74) is 0.632. The van der Waals surface area contributed by atoms with Crippen molar-refractivity contribution in [3.8, 4) is 5.69 Å². The van der Waals surface area contributed by atoms with Crippen LogP contribution in [0.15, 0.2) is 49.1 Å². The summed E-state index contributed by atoms with van der Waals surface area (Å²) < 4.78 is 55.0. The van der Waals surface area contributed by atoms with Crippen LogP contribution >= 0.6 is 0 Å². The summed E-state index contributed by atoms with van der Waals surface area (Å²) in [6, 6.07) is 6.81. The minimum Gasteiger partial charge on any atom is -0.345 e. The molecule has 0 radical (unpaired) electrons. The van der Waals surface area contributed by atoms with Gasteiger partial charge in [-0.25, -0.2) is 22.5 Å². The number of nitrogens with zero attached hydrogens (tertiary/aromatic N) is 2. The van der Waals surface area contributed by atoms with Crippen LogP contribution in [0.4, 0.5) is 17.6 Å². The molecule has 0 fully saturated rings. The van der Waals surface area contributed by atoms with Gasteiger partial charge in [0.15, 0.2) is 23.3 Å². The highest BCUT2D eigenvalue weighted by Crippen LogP contribution is 2.21. The van der Waals surface area contributed by atoms with Gasteiger partial charge in [-0.3, -0.25) is 4.79 Å². The highest BCUT2D eigenvalue weighted by atomic mass is 19.2. The molecule has 26 heavy (non-hydrogen) atoms. The molecule has 0 saturated heterocycles. The number of hydrogen-bond donors (Lipinski definition) is 1. The third kappa shape index (κ3) is 3.30. The van der Waals surface area contributed by atoms with Gasteiger partial charge >= 0.3 is 0 Å². The van der Waals surface area contributed by atoms with Crippen molar-refractivity contribution in [2.24, 2.45) is 0 Å². The maximum Gasteiger partial charge on any atom is 0.254 e. The molecule has 1 aromatic heterocycles. The number of rotatable bonds is 4. The number of imidazole rings is 1. The second kappa shape index (κ2) is 6.99. The normalized spacial score (nSPS) is 12.0. The second-order valence-corrected chi connectivity index (χ2v) is 5.60. The third-order valence-electron chi connectivity index (χ3n) is 3.89. The van der Waals surface area contributed by atoms with Gasteiger partial charge in [-0.2, -0.15) is 0 Å². The smallest absolute Gasteiger partial charge is 0.254 e. The minimum absolute atomic E-state index is 0.331. The largest absolute Gasteiger partial charge is 0.345 e. The molecule has 0 saturated carbocycles. The van der Waals surface area contributed by atoms with E-state index < -0.39 is 40.8 Å². The summed E-state index contributed by atoms with van der Waals surface area (Å²) in [4.78, 5) is 16.0. The topological polar surface area (TPSA) is 46.9 Å². The maximum absolute atomic E-state index is 13.7. The minimum atomic E-state index is -2.02. The Kier molecular flexibility index (Phi) is 4.75. The lowest BCUT2D eigenvalue weighted by Gasteiger charge is -2.15. The lowest BCUT2D eigenvalue weighted by molar-refractivity contribution is 0.0933. The molecule has 0 bridgehead atoms. The van der Waals surface area contributed by atoms with Gasteiger partial charge in [-0.15, -0.1) is 0 Å². The zero-order valence-corrected chi connectivity index (χ0v) is 13.5. The Balaban J connectivity index is 1.78. The van der Waals surface area contributed by atoms with E-state index in [2.05, 4.69) is 10.3 Å². The van der Waals surface area contributed by atoms with Crippen LogP contribution in [0.1, 0.15) is 28.9 Å². The SMILES string of the molecule is C[C@@H](NC(=O)c1cc(F)c(F)c(F)c1F)c1ccc(-n2ccnc2)cc1. The first-order valence-corrected chi connectivity index (χ1v) is 7.60. The molecule has 1 N–H and O–H groups in total. The summed E-state index contributed by atoms with van der Waals surface area (Å²) in [5, 5.41) is 2.43. The average Bonchev–Trinajstić information content (AvgIpc) is 3.17. The van der Waals surface area contributed by atoms with Gasteiger partial charge in [0.2, 0.25) is 0 Å². The van der Waals surface area contributed by atoms with E-state index in [4.69, 9.17) is 0 Å². The molecule has 0 spiro atoms. The predicted molar refractivity (Wildman–Crippen MR) is 85.7 cm³/mol. The van der Waals surface area contributed by atoms with Crippen molar-refractivity contribution in [2.75, 3.05) is 0 Å². The van der Waals surface area contributed by atoms with Crippen LogP contribution in [0.5, 0.6) is 0 Å². The summed E-state index contributed by atoms with van der Waals surface area (Å²) in [6.45, 7) is 1.62. The molecule has 0 aliphatic heterocycles. The van der Waals surface area contributed by atoms with E-state index in [-0.39, 0.29) is 0 Å². The number of hydrogen-bond acceptors (Lipinski definition) is 2. The van der Waals surface area contributed by atoms with Crippen molar-refractivity contribution in [1.82, 2.24) is 14.9 Å². The Morgan fingerprint density at radius 1 is 1.08 bits per heavy atom. The van der Waals surface area contributed by atoms with Gasteiger partial charge < -0.3 is 9.88 Å². The van der Waals surface area contributed by atoms with E-state index in [1.54, 1.807) is 54.5 Å². The monoisotopic (exact) mass is 363 g/mol. The van der Waals surface area contributed by atoms with Crippen LogP contribution in [-0.2, 0) is 0 Å². The van der Waals surface area contributed by atoms with Gasteiger partial charge in [-0.1, -0.05) is 12.1 Å². The zero-order chi connectivity index (χ0) is 18.8. The average molecular weight is 363 g/mol. The molecule has 0 unspecified atom stereocenters.